The highest BCUT2D eigenvalue weighted by molar-refractivity contribution is 8.14. The fraction of sp³-hybridized carbons (Fsp3) is 0.240. The van der Waals surface area contributed by atoms with Crippen molar-refractivity contribution < 1.29 is 32.2 Å². The predicted octanol–water partition coefficient (Wildman–Crippen LogP) is 6.76. The lowest BCUT2D eigenvalue weighted by Crippen LogP contribution is -2.34. The minimum absolute atomic E-state index is 0.0719. The lowest BCUT2D eigenvalue weighted by molar-refractivity contribution is -0.275. The van der Waals surface area contributed by atoms with E-state index in [0.29, 0.717) is 28.3 Å². The van der Waals surface area contributed by atoms with E-state index >= 15 is 0 Å². The Labute approximate surface area is 219 Å². The van der Waals surface area contributed by atoms with Gasteiger partial charge >= 0.3 is 11.6 Å². The number of halogens is 3. The van der Waals surface area contributed by atoms with Crippen LogP contribution in [0.15, 0.2) is 65.1 Å². The number of hydrazone groups is 1. The van der Waals surface area contributed by atoms with Gasteiger partial charge in [-0.05, 0) is 53.8 Å². The summed E-state index contributed by atoms with van der Waals surface area (Å²) in [5.74, 6) is -0.769. The molecule has 37 heavy (non-hydrogen) atoms. The van der Waals surface area contributed by atoms with Crippen LogP contribution >= 0.6 is 23.1 Å². The van der Waals surface area contributed by atoms with E-state index in [1.54, 1.807) is 42.5 Å². The van der Waals surface area contributed by atoms with E-state index in [4.69, 9.17) is 4.74 Å². The monoisotopic (exact) mass is 549 g/mol. The van der Waals surface area contributed by atoms with Gasteiger partial charge in [0.05, 0.1) is 29.5 Å². The number of amides is 2. The first-order valence-corrected chi connectivity index (χ1v) is 12.9. The van der Waals surface area contributed by atoms with Crippen molar-refractivity contribution in [2.45, 2.75) is 31.5 Å². The summed E-state index contributed by atoms with van der Waals surface area (Å²) >= 11 is 2.40. The summed E-state index contributed by atoms with van der Waals surface area (Å²) in [7, 11) is 1.25. The number of ether oxygens (including phenoxy) is 2. The maximum Gasteiger partial charge on any atom is 0.573 e. The van der Waals surface area contributed by atoms with Crippen LogP contribution in [0.1, 0.15) is 34.1 Å². The molecule has 2 amide bonds. The van der Waals surface area contributed by atoms with Gasteiger partial charge in [-0.15, -0.1) is 24.5 Å². The number of hydrogen-bond donors (Lipinski definition) is 1. The number of methoxy groups -OCH3 is 1. The molecule has 0 radical (unpaired) electrons. The second-order valence-corrected chi connectivity index (χ2v) is 9.97. The van der Waals surface area contributed by atoms with Gasteiger partial charge in [-0.3, -0.25) is 9.59 Å². The Balaban J connectivity index is 1.55. The van der Waals surface area contributed by atoms with Crippen molar-refractivity contribution >= 4 is 45.6 Å². The number of thioether (sulfide) groups is 1. The van der Waals surface area contributed by atoms with E-state index in [9.17, 15) is 22.8 Å². The maximum atomic E-state index is 12.9. The van der Waals surface area contributed by atoms with Crippen LogP contribution in [-0.4, -0.2) is 40.6 Å². The molecule has 0 bridgehead atoms. The average Bonchev–Trinajstić information content (AvgIpc) is 3.40. The number of nitrogens with one attached hydrogen (secondary N) is 1. The van der Waals surface area contributed by atoms with Crippen molar-refractivity contribution in [1.82, 2.24) is 5.01 Å². The smallest absolute Gasteiger partial charge is 0.493 e. The van der Waals surface area contributed by atoms with Crippen LogP contribution in [0.4, 0.5) is 23.7 Å². The van der Waals surface area contributed by atoms with E-state index in [1.807, 2.05) is 12.3 Å². The number of carbonyl (C=O) groups is 2. The normalized spacial score (nSPS) is 15.8. The zero-order valence-corrected chi connectivity index (χ0v) is 21.4. The standard InChI is InChI=1S/C25H22F3N3O4S2/c1-3-20-22(16-8-11-18(34-2)19(13-16)35-25(26,27)28)30-31(24(33)37-20)14-15-6-9-17(10-7-15)29-23(32)21-5-4-12-36-21/h4-13,20H,3,14H2,1-2H3,(H,29,32). The summed E-state index contributed by atoms with van der Waals surface area (Å²) in [5.41, 5.74) is 2.22. The Bertz CT molecular complexity index is 1300. The van der Waals surface area contributed by atoms with Crippen LogP contribution in [0.25, 0.3) is 0 Å². The molecule has 2 aromatic carbocycles. The van der Waals surface area contributed by atoms with E-state index < -0.39 is 12.1 Å². The highest BCUT2D eigenvalue weighted by atomic mass is 32.2. The van der Waals surface area contributed by atoms with Crippen LogP contribution in [0.2, 0.25) is 0 Å². The van der Waals surface area contributed by atoms with Crippen molar-refractivity contribution in [2.75, 3.05) is 12.4 Å². The van der Waals surface area contributed by atoms with Crippen molar-refractivity contribution in [2.24, 2.45) is 5.10 Å². The van der Waals surface area contributed by atoms with Crippen LogP contribution in [0.3, 0.4) is 0 Å². The molecule has 1 aliphatic heterocycles. The largest absolute Gasteiger partial charge is 0.573 e. The average molecular weight is 550 g/mol. The third-order valence-electron chi connectivity index (χ3n) is 5.33. The van der Waals surface area contributed by atoms with Gasteiger partial charge in [0.25, 0.3) is 5.91 Å². The quantitative estimate of drug-likeness (QED) is 0.336. The number of rotatable bonds is 8. The summed E-state index contributed by atoms with van der Waals surface area (Å²) in [6, 6.07) is 14.7. The maximum absolute atomic E-state index is 12.9. The summed E-state index contributed by atoms with van der Waals surface area (Å²) in [5, 5.41) is 9.81. The molecule has 3 aromatic rings. The van der Waals surface area contributed by atoms with Crippen molar-refractivity contribution in [3.63, 3.8) is 0 Å². The Morgan fingerprint density at radius 1 is 1.14 bits per heavy atom. The van der Waals surface area contributed by atoms with Gasteiger partial charge in [-0.2, -0.15) is 5.10 Å². The zero-order valence-electron chi connectivity index (χ0n) is 19.7. The molecule has 0 fully saturated rings. The summed E-state index contributed by atoms with van der Waals surface area (Å²) in [6.45, 7) is 2.02. The molecule has 2 heterocycles. The predicted molar refractivity (Wildman–Crippen MR) is 138 cm³/mol. The van der Waals surface area contributed by atoms with E-state index in [0.717, 1.165) is 17.3 Å². The van der Waals surface area contributed by atoms with Gasteiger partial charge in [-0.1, -0.05) is 36.9 Å². The van der Waals surface area contributed by atoms with Crippen LogP contribution in [0.5, 0.6) is 11.5 Å². The lowest BCUT2D eigenvalue weighted by Gasteiger charge is -2.28. The summed E-state index contributed by atoms with van der Waals surface area (Å²) in [4.78, 5) is 25.6. The molecule has 0 saturated heterocycles. The molecule has 12 heteroatoms. The molecule has 0 aliphatic carbocycles. The van der Waals surface area contributed by atoms with Gasteiger partial charge in [-0.25, -0.2) is 5.01 Å². The van der Waals surface area contributed by atoms with Gasteiger partial charge < -0.3 is 14.8 Å². The summed E-state index contributed by atoms with van der Waals surface area (Å²) in [6.07, 6.45) is -4.35. The first kappa shape index (κ1) is 26.6. The van der Waals surface area contributed by atoms with E-state index in [1.165, 1.54) is 35.6 Å². The fourth-order valence-electron chi connectivity index (χ4n) is 3.60. The first-order valence-electron chi connectivity index (χ1n) is 11.1. The Kier molecular flexibility index (Phi) is 8.08. The summed E-state index contributed by atoms with van der Waals surface area (Å²) < 4.78 is 47.9. The fourth-order valence-corrected chi connectivity index (χ4v) is 5.15. The zero-order chi connectivity index (χ0) is 26.6. The van der Waals surface area contributed by atoms with Crippen LogP contribution < -0.4 is 14.8 Å². The minimum Gasteiger partial charge on any atom is -0.493 e. The third-order valence-corrected chi connectivity index (χ3v) is 7.45. The Morgan fingerprint density at radius 3 is 2.51 bits per heavy atom. The molecular weight excluding hydrogens is 527 g/mol. The molecule has 194 valence electrons. The number of nitrogens with zero attached hydrogens (tertiary/aromatic N) is 2. The van der Waals surface area contributed by atoms with Gasteiger partial charge in [0.2, 0.25) is 0 Å². The number of hydrogen-bond acceptors (Lipinski definition) is 7. The number of benzene rings is 2. The lowest BCUT2D eigenvalue weighted by atomic mass is 10.0. The Hall–Kier alpha value is -3.51. The molecule has 0 saturated carbocycles. The molecule has 0 spiro atoms. The van der Waals surface area contributed by atoms with Gasteiger partial charge in [0, 0.05) is 11.3 Å². The van der Waals surface area contributed by atoms with Crippen molar-refractivity contribution in [1.29, 1.82) is 0 Å². The second-order valence-electron chi connectivity index (χ2n) is 7.87. The molecule has 4 rings (SSSR count). The molecule has 1 aromatic heterocycles. The van der Waals surface area contributed by atoms with Crippen molar-refractivity contribution in [3.8, 4) is 11.5 Å². The highest BCUT2D eigenvalue weighted by Gasteiger charge is 2.34. The third kappa shape index (κ3) is 6.63. The minimum atomic E-state index is -4.89. The van der Waals surface area contributed by atoms with Crippen LogP contribution in [-0.2, 0) is 6.54 Å². The molecule has 7 nitrogen and oxygen atoms in total. The second kappa shape index (κ2) is 11.3. The van der Waals surface area contributed by atoms with E-state index in [-0.39, 0.29) is 28.7 Å². The topological polar surface area (TPSA) is 80.2 Å². The highest BCUT2D eigenvalue weighted by Crippen LogP contribution is 2.36. The van der Waals surface area contributed by atoms with Crippen LogP contribution in [0, 0.1) is 0 Å². The van der Waals surface area contributed by atoms with Gasteiger partial charge in [0.15, 0.2) is 11.5 Å². The van der Waals surface area contributed by atoms with Gasteiger partial charge in [0.1, 0.15) is 0 Å². The number of carbonyl (C=O) groups excluding carboxylic acids is 2. The van der Waals surface area contributed by atoms with E-state index in [2.05, 4.69) is 15.2 Å². The molecule has 1 atom stereocenters. The SMILES string of the molecule is CCC1SC(=O)N(Cc2ccc(NC(=O)c3cccs3)cc2)N=C1c1ccc(OC)c(OC(F)(F)F)c1. The first-order chi connectivity index (χ1) is 17.7. The molecule has 1 N–H and O–H groups in total. The number of thiophene rings is 1. The number of anilines is 1. The molecule has 1 aliphatic rings. The Morgan fingerprint density at radius 2 is 1.89 bits per heavy atom. The molecule has 1 unspecified atom stereocenters. The van der Waals surface area contributed by atoms with Crippen molar-refractivity contribution in [3.05, 3.63) is 76.0 Å². The number of alkyl halides is 3. The molecular formula is C25H22F3N3O4S2.